The van der Waals surface area contributed by atoms with E-state index in [0.29, 0.717) is 5.92 Å². The smallest absolute Gasteiger partial charge is 0.0472 e. The number of hydrogen-bond donors (Lipinski definition) is 0. The molecule has 0 aliphatic heterocycles. The van der Waals surface area contributed by atoms with Crippen LogP contribution in [0, 0.1) is 0 Å². The minimum atomic E-state index is 0.487. The predicted molar refractivity (Wildman–Crippen MR) is 56.7 cm³/mol. The van der Waals surface area contributed by atoms with Crippen LogP contribution in [0.15, 0.2) is 36.5 Å². The second-order valence-electron chi connectivity index (χ2n) is 3.11. The minimum Gasteiger partial charge on any atom is -0.261 e. The monoisotopic (exact) mass is 175 g/mol. The molecule has 70 valence electrons. The van der Waals surface area contributed by atoms with Gasteiger partial charge in [-0.2, -0.15) is 0 Å². The van der Waals surface area contributed by atoms with Crippen molar-refractivity contribution in [3.8, 4) is 0 Å². The average molecular weight is 175 g/mol. The maximum absolute atomic E-state index is 4.35. The molecule has 0 unspecified atom stereocenters. The summed E-state index contributed by atoms with van der Waals surface area (Å²) >= 11 is 0. The predicted octanol–water partition coefficient (Wildman–Crippen LogP) is 3.54. The standard InChI is InChI=1S/C12H17N/c1-3-5-8-11(4-2)12-9-6-7-10-13-12/h5-11H,3-4H2,1-2H3/b8-5+/t11-/m0/s1. The van der Waals surface area contributed by atoms with Gasteiger partial charge in [0.25, 0.3) is 0 Å². The number of rotatable bonds is 4. The zero-order valence-corrected chi connectivity index (χ0v) is 8.40. The quantitative estimate of drug-likeness (QED) is 0.638. The van der Waals surface area contributed by atoms with E-state index in [4.69, 9.17) is 0 Å². The molecule has 0 spiro atoms. The van der Waals surface area contributed by atoms with Gasteiger partial charge in [-0.05, 0) is 25.0 Å². The van der Waals surface area contributed by atoms with Crippen molar-refractivity contribution in [1.29, 1.82) is 0 Å². The SMILES string of the molecule is CC/C=C/[C@H](CC)c1ccccn1. The molecule has 0 aromatic carbocycles. The number of nitrogens with zero attached hydrogens (tertiary/aromatic N) is 1. The largest absolute Gasteiger partial charge is 0.261 e. The summed E-state index contributed by atoms with van der Waals surface area (Å²) in [6.45, 7) is 4.35. The molecular formula is C12H17N. The fourth-order valence-corrected chi connectivity index (χ4v) is 1.34. The van der Waals surface area contributed by atoms with Gasteiger partial charge < -0.3 is 0 Å². The third kappa shape index (κ3) is 3.02. The van der Waals surface area contributed by atoms with E-state index in [9.17, 15) is 0 Å². The van der Waals surface area contributed by atoms with E-state index >= 15 is 0 Å². The topological polar surface area (TPSA) is 12.9 Å². The molecule has 1 heterocycles. The zero-order valence-electron chi connectivity index (χ0n) is 8.40. The Hall–Kier alpha value is -1.11. The van der Waals surface area contributed by atoms with Crippen LogP contribution in [-0.2, 0) is 0 Å². The first kappa shape index (κ1) is 9.97. The van der Waals surface area contributed by atoms with Gasteiger partial charge in [-0.3, -0.25) is 4.98 Å². The summed E-state index contributed by atoms with van der Waals surface area (Å²) in [7, 11) is 0. The first-order valence-corrected chi connectivity index (χ1v) is 4.96. The highest BCUT2D eigenvalue weighted by Gasteiger charge is 2.04. The van der Waals surface area contributed by atoms with Crippen LogP contribution < -0.4 is 0 Å². The molecule has 0 N–H and O–H groups in total. The lowest BCUT2D eigenvalue weighted by Gasteiger charge is -2.08. The zero-order chi connectivity index (χ0) is 9.52. The summed E-state index contributed by atoms with van der Waals surface area (Å²) < 4.78 is 0. The Bertz CT molecular complexity index is 251. The van der Waals surface area contributed by atoms with Crippen molar-refractivity contribution in [3.63, 3.8) is 0 Å². The lowest BCUT2D eigenvalue weighted by atomic mass is 10.0. The molecule has 0 amide bonds. The third-order valence-electron chi connectivity index (χ3n) is 2.11. The minimum absolute atomic E-state index is 0.487. The van der Waals surface area contributed by atoms with E-state index in [1.807, 2.05) is 18.3 Å². The Balaban J connectivity index is 2.73. The van der Waals surface area contributed by atoms with Gasteiger partial charge in [-0.25, -0.2) is 0 Å². The highest BCUT2D eigenvalue weighted by atomic mass is 14.7. The molecule has 0 bridgehead atoms. The van der Waals surface area contributed by atoms with E-state index in [0.717, 1.165) is 12.8 Å². The molecule has 1 nitrogen and oxygen atoms in total. The summed E-state index contributed by atoms with van der Waals surface area (Å²) in [6.07, 6.45) is 8.54. The van der Waals surface area contributed by atoms with Gasteiger partial charge in [-0.1, -0.05) is 32.1 Å². The van der Waals surface area contributed by atoms with Crippen molar-refractivity contribution in [2.75, 3.05) is 0 Å². The lowest BCUT2D eigenvalue weighted by molar-refractivity contribution is 0.772. The van der Waals surface area contributed by atoms with Crippen LogP contribution >= 0.6 is 0 Å². The molecule has 1 rings (SSSR count). The van der Waals surface area contributed by atoms with Crippen LogP contribution in [0.3, 0.4) is 0 Å². The summed E-state index contributed by atoms with van der Waals surface area (Å²) in [6, 6.07) is 6.10. The number of allylic oxidation sites excluding steroid dienone is 2. The van der Waals surface area contributed by atoms with Crippen molar-refractivity contribution in [1.82, 2.24) is 4.98 Å². The fraction of sp³-hybridized carbons (Fsp3) is 0.417. The van der Waals surface area contributed by atoms with Crippen LogP contribution in [0.1, 0.15) is 38.3 Å². The highest BCUT2D eigenvalue weighted by Crippen LogP contribution is 2.18. The molecule has 1 aromatic heterocycles. The fourth-order valence-electron chi connectivity index (χ4n) is 1.34. The van der Waals surface area contributed by atoms with Crippen LogP contribution in [0.2, 0.25) is 0 Å². The van der Waals surface area contributed by atoms with Crippen LogP contribution in [0.5, 0.6) is 0 Å². The Morgan fingerprint density at radius 3 is 2.77 bits per heavy atom. The molecule has 1 aromatic rings. The molecule has 0 saturated carbocycles. The van der Waals surface area contributed by atoms with E-state index < -0.39 is 0 Å². The molecule has 0 radical (unpaired) electrons. The number of pyridine rings is 1. The van der Waals surface area contributed by atoms with E-state index in [1.165, 1.54) is 5.69 Å². The Kier molecular flexibility index (Phi) is 4.24. The van der Waals surface area contributed by atoms with Crippen LogP contribution in [0.25, 0.3) is 0 Å². The van der Waals surface area contributed by atoms with Crippen molar-refractivity contribution < 1.29 is 0 Å². The van der Waals surface area contributed by atoms with Crippen molar-refractivity contribution in [2.24, 2.45) is 0 Å². The van der Waals surface area contributed by atoms with E-state index in [1.54, 1.807) is 0 Å². The molecule has 1 atom stereocenters. The summed E-state index contributed by atoms with van der Waals surface area (Å²) in [5, 5.41) is 0. The van der Waals surface area contributed by atoms with Gasteiger partial charge in [0, 0.05) is 17.8 Å². The Morgan fingerprint density at radius 1 is 1.38 bits per heavy atom. The molecule has 0 saturated heterocycles. The van der Waals surface area contributed by atoms with Gasteiger partial charge in [-0.15, -0.1) is 0 Å². The summed E-state index contributed by atoms with van der Waals surface area (Å²) in [5.74, 6) is 0.487. The average Bonchev–Trinajstić information content (AvgIpc) is 2.21. The normalized spacial score (nSPS) is 13.4. The van der Waals surface area contributed by atoms with Gasteiger partial charge >= 0.3 is 0 Å². The summed E-state index contributed by atoms with van der Waals surface area (Å²) in [5.41, 5.74) is 1.18. The van der Waals surface area contributed by atoms with Crippen molar-refractivity contribution in [3.05, 3.63) is 42.2 Å². The molecule has 13 heavy (non-hydrogen) atoms. The Morgan fingerprint density at radius 2 is 2.23 bits per heavy atom. The molecule has 0 fully saturated rings. The van der Waals surface area contributed by atoms with E-state index in [2.05, 4.69) is 37.0 Å². The van der Waals surface area contributed by atoms with E-state index in [-0.39, 0.29) is 0 Å². The first-order valence-electron chi connectivity index (χ1n) is 4.96. The Labute approximate surface area is 80.5 Å². The first-order chi connectivity index (χ1) is 6.38. The molecular weight excluding hydrogens is 158 g/mol. The number of hydrogen-bond acceptors (Lipinski definition) is 1. The van der Waals surface area contributed by atoms with Crippen LogP contribution in [-0.4, -0.2) is 4.98 Å². The van der Waals surface area contributed by atoms with Gasteiger partial charge in [0.2, 0.25) is 0 Å². The maximum Gasteiger partial charge on any atom is 0.0472 e. The third-order valence-corrected chi connectivity index (χ3v) is 2.11. The maximum atomic E-state index is 4.35. The highest BCUT2D eigenvalue weighted by molar-refractivity contribution is 5.15. The van der Waals surface area contributed by atoms with Crippen molar-refractivity contribution in [2.45, 2.75) is 32.6 Å². The molecule has 1 heteroatoms. The second-order valence-corrected chi connectivity index (χ2v) is 3.11. The number of aromatic nitrogens is 1. The van der Waals surface area contributed by atoms with Crippen LogP contribution in [0.4, 0.5) is 0 Å². The lowest BCUT2D eigenvalue weighted by Crippen LogP contribution is -1.95. The van der Waals surface area contributed by atoms with Gasteiger partial charge in [0.05, 0.1) is 0 Å². The molecule has 0 aliphatic carbocycles. The van der Waals surface area contributed by atoms with Crippen molar-refractivity contribution >= 4 is 0 Å². The summed E-state index contributed by atoms with van der Waals surface area (Å²) in [4.78, 5) is 4.35. The van der Waals surface area contributed by atoms with Gasteiger partial charge in [0.15, 0.2) is 0 Å². The van der Waals surface area contributed by atoms with Gasteiger partial charge in [0.1, 0.15) is 0 Å². The molecule has 0 aliphatic rings. The second kappa shape index (κ2) is 5.52.